The van der Waals surface area contributed by atoms with Gasteiger partial charge in [-0.1, -0.05) is 40.7 Å². The van der Waals surface area contributed by atoms with Crippen LogP contribution in [0.25, 0.3) is 0 Å². The molecule has 0 spiro atoms. The first-order chi connectivity index (χ1) is 16.4. The fourth-order valence-corrected chi connectivity index (χ4v) is 6.92. The van der Waals surface area contributed by atoms with Crippen LogP contribution in [0.1, 0.15) is 80.9 Å². The fourth-order valence-electron chi connectivity index (χ4n) is 6.14. The van der Waals surface area contributed by atoms with E-state index in [4.69, 9.17) is 4.74 Å². The van der Waals surface area contributed by atoms with E-state index >= 15 is 0 Å². The molecule has 2 heterocycles. The Morgan fingerprint density at radius 1 is 1.31 bits per heavy atom. The molecule has 1 saturated heterocycles. The van der Waals surface area contributed by atoms with Crippen LogP contribution < -0.4 is 4.74 Å². The summed E-state index contributed by atoms with van der Waals surface area (Å²) in [5, 5.41) is 13.1. The second-order valence-corrected chi connectivity index (χ2v) is 12.0. The average molecular weight is 499 g/mol. The number of hydrogen-bond acceptors (Lipinski definition) is 6. The van der Waals surface area contributed by atoms with Crippen LogP contribution in [-0.4, -0.2) is 45.3 Å². The maximum Gasteiger partial charge on any atom is 0.329 e. The fraction of sp³-hybridized carbons (Fsp3) is 0.556. The van der Waals surface area contributed by atoms with Gasteiger partial charge >= 0.3 is 5.97 Å². The monoisotopic (exact) mass is 498 g/mol. The molecule has 1 amide bonds. The Kier molecular flexibility index (Phi) is 6.55. The number of aromatic nitrogens is 1. The minimum absolute atomic E-state index is 0.00518. The van der Waals surface area contributed by atoms with Crippen molar-refractivity contribution in [3.8, 4) is 5.75 Å². The molecule has 1 saturated carbocycles. The number of Topliss-reactive ketones (excluding diaryl/α,β-unsaturated/α-hetero) is 1. The molecule has 2 fully saturated rings. The van der Waals surface area contributed by atoms with Crippen molar-refractivity contribution in [2.45, 2.75) is 70.9 Å². The molecule has 1 aliphatic carbocycles. The van der Waals surface area contributed by atoms with E-state index < -0.39 is 35.3 Å². The number of thiazole rings is 1. The Balaban J connectivity index is 1.93. The van der Waals surface area contributed by atoms with Crippen LogP contribution in [0.3, 0.4) is 0 Å². The van der Waals surface area contributed by atoms with Gasteiger partial charge in [0.15, 0.2) is 0 Å². The summed E-state index contributed by atoms with van der Waals surface area (Å²) in [6.45, 7) is 10.1. The summed E-state index contributed by atoms with van der Waals surface area (Å²) in [5.41, 5.74) is -0.393. The normalized spacial score (nSPS) is 26.3. The third kappa shape index (κ3) is 4.05. The summed E-state index contributed by atoms with van der Waals surface area (Å²) < 4.78 is 5.63. The molecule has 4 atom stereocenters. The van der Waals surface area contributed by atoms with Gasteiger partial charge in [-0.15, -0.1) is 11.3 Å². The van der Waals surface area contributed by atoms with Gasteiger partial charge in [0.2, 0.25) is 0 Å². The topological polar surface area (TPSA) is 96.8 Å². The van der Waals surface area contributed by atoms with Gasteiger partial charge < -0.3 is 14.7 Å². The van der Waals surface area contributed by atoms with Gasteiger partial charge in [-0.2, -0.15) is 0 Å². The maximum atomic E-state index is 14.3. The van der Waals surface area contributed by atoms with Gasteiger partial charge in [0.05, 0.1) is 19.1 Å². The number of hydrogen-bond donors (Lipinski definition) is 1. The average Bonchev–Trinajstić information content (AvgIpc) is 3.49. The third-order valence-electron chi connectivity index (χ3n) is 7.44. The Bertz CT molecular complexity index is 1140. The highest BCUT2D eigenvalue weighted by Crippen LogP contribution is 2.59. The van der Waals surface area contributed by atoms with E-state index in [1.165, 1.54) is 16.2 Å². The third-order valence-corrected chi connectivity index (χ3v) is 8.28. The minimum atomic E-state index is -1.49. The van der Waals surface area contributed by atoms with E-state index in [0.717, 1.165) is 5.56 Å². The van der Waals surface area contributed by atoms with Crippen LogP contribution in [0.2, 0.25) is 0 Å². The van der Waals surface area contributed by atoms with Crippen molar-refractivity contribution < 1.29 is 24.2 Å². The first-order valence-electron chi connectivity index (χ1n) is 12.1. The van der Waals surface area contributed by atoms with Crippen molar-refractivity contribution in [2.75, 3.05) is 7.11 Å². The van der Waals surface area contributed by atoms with E-state index in [2.05, 4.69) is 25.8 Å². The molecule has 0 bridgehead atoms. The highest BCUT2D eigenvalue weighted by atomic mass is 32.1. The summed E-state index contributed by atoms with van der Waals surface area (Å²) in [5.74, 6) is -1.89. The standard InChI is InChI=1S/C27H34N2O5S/c1-15(2)14-27(25(32)33)18-9-10-19(30)21(18)22(23-28-11-12-35-23)29(27)24(31)16-7-8-17(26(3,4)5)20(13-16)34-6/h7-8,11-13,15,18,21-22H,9-10,14H2,1-6H3,(H,32,33)/t18?,21?,22-,27+/m1/s1. The predicted octanol–water partition coefficient (Wildman–Crippen LogP) is 5.11. The van der Waals surface area contributed by atoms with Crippen LogP contribution in [0.4, 0.5) is 0 Å². The lowest BCUT2D eigenvalue weighted by Gasteiger charge is -2.41. The SMILES string of the molecule is COc1cc(C(=O)N2[C@@H](c3nccs3)C3C(=O)CCC3[C@@]2(CC(C)C)C(=O)O)ccc1C(C)(C)C. The number of ether oxygens (including phenoxy) is 1. The molecule has 4 rings (SSSR count). The molecule has 1 N–H and O–H groups in total. The second kappa shape index (κ2) is 9.04. The van der Waals surface area contributed by atoms with Gasteiger partial charge in [-0.3, -0.25) is 9.59 Å². The van der Waals surface area contributed by atoms with Crippen molar-refractivity contribution >= 4 is 29.0 Å². The minimum Gasteiger partial charge on any atom is -0.496 e. The number of rotatable bonds is 6. The zero-order chi connectivity index (χ0) is 25.7. The number of carbonyl (C=O) groups excluding carboxylic acids is 2. The maximum absolute atomic E-state index is 14.3. The van der Waals surface area contributed by atoms with Crippen LogP contribution >= 0.6 is 11.3 Å². The van der Waals surface area contributed by atoms with Gasteiger partial charge in [0.1, 0.15) is 22.1 Å². The van der Waals surface area contributed by atoms with Gasteiger partial charge in [-0.05, 0) is 41.9 Å². The van der Waals surface area contributed by atoms with Crippen LogP contribution in [0, 0.1) is 17.8 Å². The molecule has 1 aromatic carbocycles. The van der Waals surface area contributed by atoms with Crippen molar-refractivity contribution in [3.63, 3.8) is 0 Å². The molecule has 8 heteroatoms. The van der Waals surface area contributed by atoms with Crippen LogP contribution in [-0.2, 0) is 15.0 Å². The molecule has 2 aromatic rings. The van der Waals surface area contributed by atoms with Crippen molar-refractivity contribution in [1.82, 2.24) is 9.88 Å². The van der Waals surface area contributed by atoms with Crippen LogP contribution in [0.5, 0.6) is 5.75 Å². The number of aliphatic carboxylic acids is 1. The molecule has 2 unspecified atom stereocenters. The lowest BCUT2D eigenvalue weighted by atomic mass is 9.75. The van der Waals surface area contributed by atoms with Crippen molar-refractivity contribution in [1.29, 1.82) is 0 Å². The first kappa shape index (κ1) is 25.4. The Hall–Kier alpha value is -2.74. The largest absolute Gasteiger partial charge is 0.496 e. The van der Waals surface area contributed by atoms with Gasteiger partial charge in [0, 0.05) is 29.5 Å². The van der Waals surface area contributed by atoms with E-state index in [1.807, 2.05) is 19.9 Å². The molecule has 7 nitrogen and oxygen atoms in total. The van der Waals surface area contributed by atoms with Crippen LogP contribution in [0.15, 0.2) is 29.8 Å². The number of fused-ring (bicyclic) bond motifs is 1. The molecule has 2 aliphatic rings. The molecular weight excluding hydrogens is 464 g/mol. The summed E-state index contributed by atoms with van der Waals surface area (Å²) in [6, 6.07) is 4.60. The number of amides is 1. The number of carboxylic acid groups (broad SMARTS) is 1. The van der Waals surface area contributed by atoms with Gasteiger partial charge in [-0.25, -0.2) is 9.78 Å². The molecular formula is C27H34N2O5S. The Morgan fingerprint density at radius 3 is 2.57 bits per heavy atom. The quantitative estimate of drug-likeness (QED) is 0.594. The predicted molar refractivity (Wildman–Crippen MR) is 134 cm³/mol. The summed E-state index contributed by atoms with van der Waals surface area (Å²) in [7, 11) is 1.57. The smallest absolute Gasteiger partial charge is 0.329 e. The van der Waals surface area contributed by atoms with Crippen molar-refractivity contribution in [3.05, 3.63) is 45.9 Å². The Labute approximate surface area is 210 Å². The zero-order valence-electron chi connectivity index (χ0n) is 21.2. The second-order valence-electron chi connectivity index (χ2n) is 11.1. The number of ketones is 1. The van der Waals surface area contributed by atoms with Crippen molar-refractivity contribution in [2.24, 2.45) is 17.8 Å². The zero-order valence-corrected chi connectivity index (χ0v) is 22.0. The summed E-state index contributed by atoms with van der Waals surface area (Å²) in [6.07, 6.45) is 2.70. The number of carboxylic acids is 1. The first-order valence-corrected chi connectivity index (χ1v) is 13.0. The summed E-state index contributed by atoms with van der Waals surface area (Å²) >= 11 is 1.36. The molecule has 0 radical (unpaired) electrons. The molecule has 35 heavy (non-hydrogen) atoms. The lowest BCUT2D eigenvalue weighted by Crippen LogP contribution is -2.57. The van der Waals surface area contributed by atoms with E-state index in [1.54, 1.807) is 30.8 Å². The highest BCUT2D eigenvalue weighted by Gasteiger charge is 2.68. The van der Waals surface area contributed by atoms with Gasteiger partial charge in [0.25, 0.3) is 5.91 Å². The number of benzene rings is 1. The highest BCUT2D eigenvalue weighted by molar-refractivity contribution is 7.09. The molecule has 188 valence electrons. The molecule has 1 aliphatic heterocycles. The number of methoxy groups -OCH3 is 1. The number of nitrogens with zero attached hydrogens (tertiary/aromatic N) is 2. The molecule has 1 aromatic heterocycles. The number of carbonyl (C=O) groups is 3. The number of likely N-dealkylation sites (tertiary alicyclic amines) is 1. The van der Waals surface area contributed by atoms with E-state index in [9.17, 15) is 19.5 Å². The Morgan fingerprint density at radius 2 is 2.03 bits per heavy atom. The van der Waals surface area contributed by atoms with E-state index in [0.29, 0.717) is 29.2 Å². The summed E-state index contributed by atoms with van der Waals surface area (Å²) in [4.78, 5) is 46.5. The van der Waals surface area contributed by atoms with E-state index in [-0.39, 0.29) is 23.5 Å². The lowest BCUT2D eigenvalue weighted by molar-refractivity contribution is -0.152.